The van der Waals surface area contributed by atoms with Crippen LogP contribution in [0.25, 0.3) is 0 Å². The maximum atomic E-state index is 13.8. The lowest BCUT2D eigenvalue weighted by Crippen LogP contribution is -2.68. The van der Waals surface area contributed by atoms with Crippen LogP contribution in [0, 0.1) is 30.6 Å². The number of likely N-dealkylation sites (N-methyl/N-ethyl adjacent to an activating group) is 1. The van der Waals surface area contributed by atoms with Crippen LogP contribution in [0.2, 0.25) is 0 Å². The number of nitrogens with zero attached hydrogens (tertiary/aromatic N) is 2. The molecule has 2 bridgehead atoms. The zero-order valence-electron chi connectivity index (χ0n) is 24.0. The largest absolute Gasteiger partial charge is 0.504 e. The van der Waals surface area contributed by atoms with Gasteiger partial charge in [0.25, 0.3) is 5.91 Å². The third kappa shape index (κ3) is 4.16. The molecule has 1 spiro atoms. The maximum absolute atomic E-state index is 13.8. The van der Waals surface area contributed by atoms with E-state index >= 15 is 0 Å². The Labute approximate surface area is 236 Å². The molecule has 2 aromatic carbocycles. The lowest BCUT2D eigenvalue weighted by atomic mass is 9.51. The zero-order chi connectivity index (χ0) is 28.3. The number of hydrogen-bond donors (Lipinski definition) is 1. The highest BCUT2D eigenvalue weighted by Gasteiger charge is 2.67. The highest BCUT2D eigenvalue weighted by molar-refractivity contribution is 5.94. The van der Waals surface area contributed by atoms with Gasteiger partial charge in [-0.25, -0.2) is 0 Å². The molecule has 5 atom stereocenters. The van der Waals surface area contributed by atoms with Crippen LogP contribution in [-0.4, -0.2) is 65.1 Å². The second-order valence-corrected chi connectivity index (χ2v) is 12.5. The summed E-state index contributed by atoms with van der Waals surface area (Å²) in [4.78, 5) is 30.2. The van der Waals surface area contributed by atoms with Gasteiger partial charge in [-0.15, -0.1) is 0 Å². The molecule has 0 unspecified atom stereocenters. The molecular weight excluding hydrogens is 504 g/mol. The van der Waals surface area contributed by atoms with Gasteiger partial charge in [0.1, 0.15) is 11.9 Å². The Morgan fingerprint density at radius 2 is 2.08 bits per heavy atom. The molecule has 2 fully saturated rings. The minimum atomic E-state index is -0.411. The minimum Gasteiger partial charge on any atom is -0.504 e. The molecule has 1 saturated heterocycles. The number of aromatic hydroxyl groups is 1. The van der Waals surface area contributed by atoms with E-state index < -0.39 is 5.97 Å². The third-order valence-corrected chi connectivity index (χ3v) is 9.46. The molecule has 4 aliphatic rings. The lowest BCUT2D eigenvalue weighted by Gasteiger charge is -2.60. The second-order valence-electron chi connectivity index (χ2n) is 12.5. The van der Waals surface area contributed by atoms with Crippen LogP contribution in [-0.2, 0) is 21.4 Å². The van der Waals surface area contributed by atoms with Crippen LogP contribution in [0.5, 0.6) is 17.2 Å². The van der Waals surface area contributed by atoms with Crippen molar-refractivity contribution in [2.75, 3.05) is 20.1 Å². The number of aryl methyl sites for hydroxylation is 1. The molecule has 2 aliphatic carbocycles. The second kappa shape index (κ2) is 9.85. The molecule has 7 heteroatoms. The summed E-state index contributed by atoms with van der Waals surface area (Å²) in [6.45, 7) is 9.10. The van der Waals surface area contributed by atoms with Crippen molar-refractivity contribution in [2.24, 2.45) is 11.8 Å². The van der Waals surface area contributed by atoms with E-state index in [2.05, 4.69) is 37.6 Å². The smallest absolute Gasteiger partial charge is 0.308 e. The average Bonchev–Trinajstić information content (AvgIpc) is 3.24. The number of phenolic OH excluding ortho intramolecular Hbond substituents is 1. The first-order valence-corrected chi connectivity index (χ1v) is 14.4. The van der Waals surface area contributed by atoms with Crippen LogP contribution < -0.4 is 9.47 Å². The normalized spacial score (nSPS) is 27.8. The molecule has 1 N–H and O–H groups in total. The molecule has 40 heavy (non-hydrogen) atoms. The Bertz CT molecular complexity index is 1440. The van der Waals surface area contributed by atoms with Gasteiger partial charge < -0.3 is 24.4 Å². The van der Waals surface area contributed by atoms with E-state index in [4.69, 9.17) is 9.47 Å². The molecule has 0 aromatic heterocycles. The number of hydrogen-bond acceptors (Lipinski definition) is 6. The van der Waals surface area contributed by atoms with Crippen LogP contribution in [0.3, 0.4) is 0 Å². The Balaban J connectivity index is 1.44. The molecule has 7 nitrogen and oxygen atoms in total. The van der Waals surface area contributed by atoms with E-state index in [9.17, 15) is 14.7 Å². The number of phenols is 1. The molecular formula is C33H38N2O5. The summed E-state index contributed by atoms with van der Waals surface area (Å²) in [6, 6.07) is 9.49. The van der Waals surface area contributed by atoms with Crippen LogP contribution in [0.15, 0.2) is 30.3 Å². The highest BCUT2D eigenvalue weighted by atomic mass is 16.5. The molecule has 2 heterocycles. The van der Waals surface area contributed by atoms with Crippen molar-refractivity contribution < 1.29 is 24.2 Å². The fourth-order valence-electron chi connectivity index (χ4n) is 8.01. The van der Waals surface area contributed by atoms with Crippen molar-refractivity contribution in [2.45, 2.75) is 77.0 Å². The average molecular weight is 543 g/mol. The summed E-state index contributed by atoms with van der Waals surface area (Å²) in [5.41, 5.74) is 3.51. The van der Waals surface area contributed by atoms with E-state index in [-0.39, 0.29) is 41.2 Å². The number of amides is 1. The third-order valence-electron chi connectivity index (χ3n) is 9.46. The van der Waals surface area contributed by atoms with Crippen molar-refractivity contribution in [1.82, 2.24) is 9.80 Å². The fourth-order valence-corrected chi connectivity index (χ4v) is 8.01. The summed E-state index contributed by atoms with van der Waals surface area (Å²) in [6.07, 6.45) is 3.05. The quantitative estimate of drug-likeness (QED) is 0.355. The Hall–Kier alpha value is -3.50. The molecule has 1 amide bonds. The van der Waals surface area contributed by atoms with Gasteiger partial charge in [0.2, 0.25) is 0 Å². The number of carbonyl (C=O) groups excluding carboxylic acids is 2. The number of rotatable bonds is 4. The summed E-state index contributed by atoms with van der Waals surface area (Å²) in [7, 11) is 2.17. The highest BCUT2D eigenvalue weighted by Crippen LogP contribution is 2.65. The topological polar surface area (TPSA) is 79.3 Å². The summed E-state index contributed by atoms with van der Waals surface area (Å²) in [5, 5.41) is 11.1. The summed E-state index contributed by atoms with van der Waals surface area (Å²) in [5.74, 6) is 6.91. The fraction of sp³-hybridized carbons (Fsp3) is 0.515. The Kier molecular flexibility index (Phi) is 6.58. The van der Waals surface area contributed by atoms with E-state index in [1.54, 1.807) is 0 Å². The standard InChI is InChI=1S/C33H38N2O5/c1-19(2)18-35(29(38)12-9-22-8-6-7-20(3)15-22)25-11-10-24-26-16-23-28(39-21(4)36)17-27(37)31-30(23)33(24,32(25)40-31)13-14-34(26)5/h6-8,15,17,19,24-26,32,37H,10-11,13-14,16,18H2,1-5H3/t24-,25-,26+,32-,33-/m0/s1. The van der Waals surface area contributed by atoms with Gasteiger partial charge in [-0.3, -0.25) is 9.59 Å². The van der Waals surface area contributed by atoms with Crippen molar-refractivity contribution in [3.63, 3.8) is 0 Å². The number of carbonyl (C=O) groups is 2. The van der Waals surface area contributed by atoms with Crippen LogP contribution >= 0.6 is 0 Å². The van der Waals surface area contributed by atoms with Gasteiger partial charge >= 0.3 is 5.97 Å². The SMILES string of the molecule is CC(=O)Oc1cc(O)c2c3c1C[C@@H]1[C@@H]4CC[C@H](N(CC(C)C)C(=O)C#Cc5cccc(C)c5)[C@H](O2)[C@]34CCN1C. The molecule has 210 valence electrons. The van der Waals surface area contributed by atoms with Crippen molar-refractivity contribution >= 4 is 11.9 Å². The van der Waals surface area contributed by atoms with Gasteiger partial charge in [-0.1, -0.05) is 31.9 Å². The van der Waals surface area contributed by atoms with Crippen LogP contribution in [0.1, 0.15) is 62.3 Å². The first-order valence-electron chi connectivity index (χ1n) is 14.4. The van der Waals surface area contributed by atoms with Gasteiger partial charge in [0, 0.05) is 53.6 Å². The molecule has 2 aromatic rings. The molecule has 2 aliphatic heterocycles. The molecule has 0 radical (unpaired) electrons. The number of piperidine rings is 1. The monoisotopic (exact) mass is 542 g/mol. The molecule has 6 rings (SSSR count). The predicted octanol–water partition coefficient (Wildman–Crippen LogP) is 4.20. The van der Waals surface area contributed by atoms with Gasteiger partial charge in [-0.05, 0) is 75.7 Å². The Morgan fingerprint density at radius 3 is 2.80 bits per heavy atom. The van der Waals surface area contributed by atoms with Crippen molar-refractivity contribution in [1.29, 1.82) is 0 Å². The van der Waals surface area contributed by atoms with Crippen molar-refractivity contribution in [3.05, 3.63) is 52.6 Å². The summed E-state index contributed by atoms with van der Waals surface area (Å²) >= 11 is 0. The van der Waals surface area contributed by atoms with Gasteiger partial charge in [0.05, 0.1) is 6.04 Å². The van der Waals surface area contributed by atoms with E-state index in [1.807, 2.05) is 36.1 Å². The molecule has 1 saturated carbocycles. The number of esters is 1. The minimum absolute atomic E-state index is 0.00497. The van der Waals surface area contributed by atoms with Crippen molar-refractivity contribution in [3.8, 4) is 29.1 Å². The zero-order valence-corrected chi connectivity index (χ0v) is 24.0. The Morgan fingerprint density at radius 1 is 1.27 bits per heavy atom. The summed E-state index contributed by atoms with van der Waals surface area (Å²) < 4.78 is 12.4. The van der Waals surface area contributed by atoms with Gasteiger partial charge in [0.15, 0.2) is 11.5 Å². The lowest BCUT2D eigenvalue weighted by molar-refractivity contribution is -0.137. The van der Waals surface area contributed by atoms with Crippen LogP contribution in [0.4, 0.5) is 0 Å². The predicted molar refractivity (Wildman–Crippen MR) is 151 cm³/mol. The number of likely N-dealkylation sites (tertiary alicyclic amines) is 1. The first kappa shape index (κ1) is 26.7. The van der Waals surface area contributed by atoms with Gasteiger partial charge in [-0.2, -0.15) is 0 Å². The van der Waals surface area contributed by atoms with E-state index in [1.165, 1.54) is 13.0 Å². The number of ether oxygens (including phenoxy) is 2. The van der Waals surface area contributed by atoms with E-state index in [0.717, 1.165) is 54.5 Å². The van der Waals surface area contributed by atoms with E-state index in [0.29, 0.717) is 24.0 Å². The first-order chi connectivity index (χ1) is 19.1. The number of benzene rings is 2. The maximum Gasteiger partial charge on any atom is 0.308 e.